The van der Waals surface area contributed by atoms with Crippen LogP contribution in [0.2, 0.25) is 0 Å². The second-order valence-electron chi connectivity index (χ2n) is 7.14. The number of aromatic nitrogens is 2. The van der Waals surface area contributed by atoms with Gasteiger partial charge in [-0.25, -0.2) is 4.98 Å². The third-order valence-corrected chi connectivity index (χ3v) is 5.01. The first-order chi connectivity index (χ1) is 14.1. The molecule has 8 nitrogen and oxygen atoms in total. The summed E-state index contributed by atoms with van der Waals surface area (Å²) in [6.07, 6.45) is 4.47. The molecule has 1 N–H and O–H groups in total. The third kappa shape index (κ3) is 5.80. The molecule has 1 fully saturated rings. The summed E-state index contributed by atoms with van der Waals surface area (Å²) in [6.45, 7) is 6.16. The van der Waals surface area contributed by atoms with Crippen molar-refractivity contribution >= 4 is 11.8 Å². The standard InChI is InChI=1S/C21H29N5O3/c1-3-22-20(27)15-25-10-4-11-26(14-13-25)21(28)17-5-7-18(8-6-17)29-16-19-23-9-12-24(19)2/h5-9,12H,3-4,10-11,13-16H2,1-2H3,(H,22,27). The summed E-state index contributed by atoms with van der Waals surface area (Å²) in [5.41, 5.74) is 0.645. The van der Waals surface area contributed by atoms with Crippen LogP contribution in [0.3, 0.4) is 0 Å². The number of amides is 2. The Balaban J connectivity index is 1.52. The first kappa shape index (κ1) is 20.9. The number of imidazole rings is 1. The number of nitrogens with one attached hydrogen (secondary N) is 1. The molecule has 2 aromatic rings. The van der Waals surface area contributed by atoms with Crippen LogP contribution in [-0.2, 0) is 18.4 Å². The monoisotopic (exact) mass is 399 g/mol. The number of nitrogens with zero attached hydrogens (tertiary/aromatic N) is 4. The normalized spacial score (nSPS) is 15.0. The Morgan fingerprint density at radius 2 is 1.93 bits per heavy atom. The molecule has 2 amide bonds. The maximum Gasteiger partial charge on any atom is 0.253 e. The summed E-state index contributed by atoms with van der Waals surface area (Å²) in [6, 6.07) is 7.23. The molecule has 1 aliphatic rings. The van der Waals surface area contributed by atoms with Gasteiger partial charge in [-0.3, -0.25) is 14.5 Å². The lowest BCUT2D eigenvalue weighted by molar-refractivity contribution is -0.122. The first-order valence-electron chi connectivity index (χ1n) is 10.0. The summed E-state index contributed by atoms with van der Waals surface area (Å²) in [5.74, 6) is 1.59. The molecule has 0 spiro atoms. The van der Waals surface area contributed by atoms with Crippen LogP contribution in [0.15, 0.2) is 36.7 Å². The number of carbonyl (C=O) groups is 2. The van der Waals surface area contributed by atoms with E-state index in [0.717, 1.165) is 18.8 Å². The Bertz CT molecular complexity index is 818. The quantitative estimate of drug-likeness (QED) is 0.759. The molecule has 0 radical (unpaired) electrons. The van der Waals surface area contributed by atoms with Gasteiger partial charge in [0.1, 0.15) is 18.2 Å². The van der Waals surface area contributed by atoms with Crippen molar-refractivity contribution < 1.29 is 14.3 Å². The van der Waals surface area contributed by atoms with E-state index in [1.54, 1.807) is 18.3 Å². The lowest BCUT2D eigenvalue weighted by atomic mass is 10.2. The van der Waals surface area contributed by atoms with Crippen LogP contribution in [0.4, 0.5) is 0 Å². The van der Waals surface area contributed by atoms with Crippen LogP contribution >= 0.6 is 0 Å². The van der Waals surface area contributed by atoms with E-state index in [1.165, 1.54) is 0 Å². The van der Waals surface area contributed by atoms with Crippen LogP contribution < -0.4 is 10.1 Å². The smallest absolute Gasteiger partial charge is 0.253 e. The zero-order valence-electron chi connectivity index (χ0n) is 17.1. The van der Waals surface area contributed by atoms with Crippen LogP contribution in [0.1, 0.15) is 29.5 Å². The summed E-state index contributed by atoms with van der Waals surface area (Å²) < 4.78 is 7.66. The van der Waals surface area contributed by atoms with Gasteiger partial charge in [0.2, 0.25) is 5.91 Å². The van der Waals surface area contributed by atoms with Crippen molar-refractivity contribution in [2.24, 2.45) is 7.05 Å². The fraction of sp³-hybridized carbons (Fsp3) is 0.476. The number of aryl methyl sites for hydroxylation is 1. The second kappa shape index (κ2) is 10.1. The molecule has 29 heavy (non-hydrogen) atoms. The Morgan fingerprint density at radius 1 is 1.14 bits per heavy atom. The van der Waals surface area contributed by atoms with Gasteiger partial charge in [-0.2, -0.15) is 0 Å². The molecule has 1 aliphatic heterocycles. The summed E-state index contributed by atoms with van der Waals surface area (Å²) in [7, 11) is 1.92. The zero-order chi connectivity index (χ0) is 20.6. The highest BCUT2D eigenvalue weighted by atomic mass is 16.5. The Hall–Kier alpha value is -2.87. The molecule has 0 bridgehead atoms. The van der Waals surface area contributed by atoms with Gasteiger partial charge < -0.3 is 19.5 Å². The van der Waals surface area contributed by atoms with Crippen LogP contribution in [0, 0.1) is 0 Å². The molecule has 1 aromatic heterocycles. The Kier molecular flexibility index (Phi) is 7.24. The van der Waals surface area contributed by atoms with Gasteiger partial charge in [0.05, 0.1) is 6.54 Å². The fourth-order valence-electron chi connectivity index (χ4n) is 3.35. The number of benzene rings is 1. The van der Waals surface area contributed by atoms with E-state index in [-0.39, 0.29) is 11.8 Å². The van der Waals surface area contributed by atoms with Crippen LogP contribution in [0.5, 0.6) is 5.75 Å². The minimum atomic E-state index is 0.0144. The van der Waals surface area contributed by atoms with Crippen molar-refractivity contribution in [3.8, 4) is 5.75 Å². The lowest BCUT2D eigenvalue weighted by Crippen LogP contribution is -2.40. The van der Waals surface area contributed by atoms with E-state index in [4.69, 9.17) is 4.74 Å². The minimum Gasteiger partial charge on any atom is -0.486 e. The maximum absolute atomic E-state index is 12.9. The van der Waals surface area contributed by atoms with Gasteiger partial charge in [0.15, 0.2) is 0 Å². The molecule has 156 valence electrons. The van der Waals surface area contributed by atoms with Crippen molar-refractivity contribution in [2.75, 3.05) is 39.3 Å². The molecule has 0 saturated carbocycles. The Morgan fingerprint density at radius 3 is 2.62 bits per heavy atom. The van der Waals surface area contributed by atoms with Gasteiger partial charge in [0, 0.05) is 57.7 Å². The molecular weight excluding hydrogens is 370 g/mol. The fourth-order valence-corrected chi connectivity index (χ4v) is 3.35. The highest BCUT2D eigenvalue weighted by Gasteiger charge is 2.21. The average molecular weight is 399 g/mol. The molecule has 2 heterocycles. The molecule has 0 aliphatic carbocycles. The van der Waals surface area contributed by atoms with Gasteiger partial charge in [-0.1, -0.05) is 0 Å². The summed E-state index contributed by atoms with van der Waals surface area (Å²) in [4.78, 5) is 32.8. The molecule has 0 unspecified atom stereocenters. The number of hydrogen-bond acceptors (Lipinski definition) is 5. The van der Waals surface area contributed by atoms with Crippen LogP contribution in [-0.4, -0.2) is 70.4 Å². The van der Waals surface area contributed by atoms with E-state index >= 15 is 0 Å². The van der Waals surface area contributed by atoms with E-state index in [9.17, 15) is 9.59 Å². The largest absolute Gasteiger partial charge is 0.486 e. The van der Waals surface area contributed by atoms with E-state index < -0.39 is 0 Å². The van der Waals surface area contributed by atoms with E-state index in [0.29, 0.717) is 50.6 Å². The third-order valence-electron chi connectivity index (χ3n) is 5.01. The van der Waals surface area contributed by atoms with Crippen LogP contribution in [0.25, 0.3) is 0 Å². The van der Waals surface area contributed by atoms with Crippen molar-refractivity contribution in [3.63, 3.8) is 0 Å². The predicted molar refractivity (Wildman–Crippen MR) is 110 cm³/mol. The summed E-state index contributed by atoms with van der Waals surface area (Å²) in [5, 5.41) is 2.82. The van der Waals surface area contributed by atoms with Crippen molar-refractivity contribution in [2.45, 2.75) is 20.0 Å². The van der Waals surface area contributed by atoms with Crippen molar-refractivity contribution in [1.82, 2.24) is 24.7 Å². The molecular formula is C21H29N5O3. The van der Waals surface area contributed by atoms with Gasteiger partial charge in [-0.05, 0) is 37.6 Å². The molecule has 1 aromatic carbocycles. The number of likely N-dealkylation sites (N-methyl/N-ethyl adjacent to an activating group) is 1. The molecule has 1 saturated heterocycles. The SMILES string of the molecule is CCNC(=O)CN1CCCN(C(=O)c2ccc(OCc3nccn3C)cc2)CC1. The summed E-state index contributed by atoms with van der Waals surface area (Å²) >= 11 is 0. The molecule has 3 rings (SSSR count). The minimum absolute atomic E-state index is 0.0144. The number of carbonyl (C=O) groups excluding carboxylic acids is 2. The van der Waals surface area contributed by atoms with Gasteiger partial charge >= 0.3 is 0 Å². The second-order valence-corrected chi connectivity index (χ2v) is 7.14. The van der Waals surface area contributed by atoms with Gasteiger partial charge in [-0.15, -0.1) is 0 Å². The molecule has 0 atom stereocenters. The zero-order valence-corrected chi connectivity index (χ0v) is 17.1. The van der Waals surface area contributed by atoms with Crippen molar-refractivity contribution in [3.05, 3.63) is 48.0 Å². The maximum atomic E-state index is 12.9. The number of rotatable bonds is 7. The number of ether oxygens (including phenoxy) is 1. The molecule has 8 heteroatoms. The van der Waals surface area contributed by atoms with E-state index in [2.05, 4.69) is 15.2 Å². The highest BCUT2D eigenvalue weighted by molar-refractivity contribution is 5.94. The highest BCUT2D eigenvalue weighted by Crippen LogP contribution is 2.16. The first-order valence-corrected chi connectivity index (χ1v) is 10.0. The Labute approximate surface area is 171 Å². The lowest BCUT2D eigenvalue weighted by Gasteiger charge is -2.22. The van der Waals surface area contributed by atoms with E-state index in [1.807, 2.05) is 41.8 Å². The van der Waals surface area contributed by atoms with Gasteiger partial charge in [0.25, 0.3) is 5.91 Å². The topological polar surface area (TPSA) is 79.7 Å². The van der Waals surface area contributed by atoms with Crippen molar-refractivity contribution in [1.29, 1.82) is 0 Å². The number of hydrogen-bond donors (Lipinski definition) is 1. The predicted octanol–water partition coefficient (Wildman–Crippen LogP) is 1.28. The average Bonchev–Trinajstić information content (AvgIpc) is 2.99.